The molecule has 17 heavy (non-hydrogen) atoms. The number of benzene rings is 1. The molecular formula is C12H14N2O2S. The van der Waals surface area contributed by atoms with Crippen molar-refractivity contribution >= 4 is 21.9 Å². The van der Waals surface area contributed by atoms with E-state index in [0.29, 0.717) is 10.8 Å². The second-order valence-electron chi connectivity index (χ2n) is 4.21. The zero-order valence-electron chi connectivity index (χ0n) is 9.39. The van der Waals surface area contributed by atoms with Crippen LogP contribution in [0.25, 0.3) is 11.1 Å². The third-order valence-electron chi connectivity index (χ3n) is 3.00. The maximum absolute atomic E-state index is 12.3. The first-order valence-corrected chi connectivity index (χ1v) is 7.03. The minimum Gasteiger partial charge on any atom is -0.430 e. The summed E-state index contributed by atoms with van der Waals surface area (Å²) in [6.07, 6.45) is 2.04. The van der Waals surface area contributed by atoms with Crippen molar-refractivity contribution in [2.75, 3.05) is 13.1 Å². The summed E-state index contributed by atoms with van der Waals surface area (Å²) in [6.45, 7) is 1.80. The molecule has 3 rings (SSSR count). The number of para-hydroxylation sites is 2. The van der Waals surface area contributed by atoms with Gasteiger partial charge in [0, 0.05) is 6.54 Å². The molecule has 90 valence electrons. The van der Waals surface area contributed by atoms with Crippen molar-refractivity contribution in [2.45, 2.75) is 23.3 Å². The quantitative estimate of drug-likeness (QED) is 0.881. The summed E-state index contributed by atoms with van der Waals surface area (Å²) in [5.74, 6) is 0. The number of hydrogen-bond acceptors (Lipinski definition) is 4. The lowest BCUT2D eigenvalue weighted by Crippen LogP contribution is -2.36. The molecule has 1 N–H and O–H groups in total. The van der Waals surface area contributed by atoms with E-state index in [1.807, 2.05) is 24.3 Å². The third kappa shape index (κ3) is 2.12. The van der Waals surface area contributed by atoms with E-state index in [0.717, 1.165) is 31.4 Å². The summed E-state index contributed by atoms with van der Waals surface area (Å²) in [5.41, 5.74) is 1.49. The average Bonchev–Trinajstić information content (AvgIpc) is 2.82. The molecule has 1 aromatic heterocycles. The van der Waals surface area contributed by atoms with Gasteiger partial charge in [-0.15, -0.1) is 0 Å². The minimum absolute atomic E-state index is 0.122. The van der Waals surface area contributed by atoms with Crippen LogP contribution in [0.3, 0.4) is 0 Å². The Balaban J connectivity index is 1.89. The molecule has 2 heterocycles. The highest BCUT2D eigenvalue weighted by Crippen LogP contribution is 2.21. The summed E-state index contributed by atoms with van der Waals surface area (Å²) in [7, 11) is -1.14. The summed E-state index contributed by atoms with van der Waals surface area (Å²) in [5, 5.41) is 3.74. The third-order valence-corrected chi connectivity index (χ3v) is 4.53. The fraction of sp³-hybridized carbons (Fsp3) is 0.417. The van der Waals surface area contributed by atoms with Crippen LogP contribution in [0.5, 0.6) is 0 Å². The van der Waals surface area contributed by atoms with Gasteiger partial charge in [-0.05, 0) is 31.5 Å². The molecule has 1 aliphatic heterocycles. The van der Waals surface area contributed by atoms with Crippen molar-refractivity contribution in [3.8, 4) is 0 Å². The second-order valence-corrected chi connectivity index (χ2v) is 5.82. The number of rotatable bonds is 2. The SMILES string of the molecule is O=S(c1nc2ccccc2o1)C1CCCNC1. The van der Waals surface area contributed by atoms with Gasteiger partial charge >= 0.3 is 0 Å². The van der Waals surface area contributed by atoms with E-state index in [4.69, 9.17) is 4.42 Å². The van der Waals surface area contributed by atoms with Gasteiger partial charge in [0.1, 0.15) is 16.3 Å². The molecule has 1 aliphatic rings. The Morgan fingerprint density at radius 1 is 1.41 bits per heavy atom. The molecule has 1 fully saturated rings. The van der Waals surface area contributed by atoms with E-state index in [2.05, 4.69) is 10.3 Å². The lowest BCUT2D eigenvalue weighted by Gasteiger charge is -2.20. The van der Waals surface area contributed by atoms with Gasteiger partial charge in [0.25, 0.3) is 5.22 Å². The molecule has 0 aliphatic carbocycles. The van der Waals surface area contributed by atoms with E-state index < -0.39 is 10.8 Å². The Kier molecular flexibility index (Phi) is 2.94. The average molecular weight is 250 g/mol. The Morgan fingerprint density at radius 3 is 3.06 bits per heavy atom. The molecule has 2 unspecified atom stereocenters. The predicted molar refractivity (Wildman–Crippen MR) is 66.3 cm³/mol. The minimum atomic E-state index is -1.14. The number of oxazole rings is 1. The van der Waals surface area contributed by atoms with Gasteiger partial charge < -0.3 is 9.73 Å². The van der Waals surface area contributed by atoms with Crippen LogP contribution in [-0.4, -0.2) is 27.5 Å². The van der Waals surface area contributed by atoms with E-state index in [-0.39, 0.29) is 5.25 Å². The smallest absolute Gasteiger partial charge is 0.288 e. The van der Waals surface area contributed by atoms with Crippen LogP contribution >= 0.6 is 0 Å². The van der Waals surface area contributed by atoms with Crippen LogP contribution in [0, 0.1) is 0 Å². The highest BCUT2D eigenvalue weighted by molar-refractivity contribution is 7.85. The van der Waals surface area contributed by atoms with Crippen LogP contribution in [-0.2, 0) is 10.8 Å². The summed E-state index contributed by atoms with van der Waals surface area (Å²) in [6, 6.07) is 7.52. The van der Waals surface area contributed by atoms with Gasteiger partial charge in [0.15, 0.2) is 5.58 Å². The van der Waals surface area contributed by atoms with Gasteiger partial charge in [0.05, 0.1) is 5.25 Å². The van der Waals surface area contributed by atoms with Crippen molar-refractivity contribution in [3.63, 3.8) is 0 Å². The van der Waals surface area contributed by atoms with Crippen LogP contribution in [0.2, 0.25) is 0 Å². The van der Waals surface area contributed by atoms with Crippen LogP contribution in [0.1, 0.15) is 12.8 Å². The largest absolute Gasteiger partial charge is 0.430 e. The molecule has 0 radical (unpaired) electrons. The van der Waals surface area contributed by atoms with E-state index >= 15 is 0 Å². The van der Waals surface area contributed by atoms with Crippen LogP contribution in [0.4, 0.5) is 0 Å². The fourth-order valence-corrected chi connectivity index (χ4v) is 3.38. The van der Waals surface area contributed by atoms with Crippen LogP contribution in [0.15, 0.2) is 33.9 Å². The Morgan fingerprint density at radius 2 is 2.29 bits per heavy atom. The highest BCUT2D eigenvalue weighted by Gasteiger charge is 2.24. The van der Waals surface area contributed by atoms with E-state index in [1.165, 1.54) is 0 Å². The first-order chi connectivity index (χ1) is 8.34. The molecule has 1 saturated heterocycles. The molecule has 2 aromatic rings. The zero-order chi connectivity index (χ0) is 11.7. The maximum atomic E-state index is 12.3. The van der Waals surface area contributed by atoms with Crippen molar-refractivity contribution in [3.05, 3.63) is 24.3 Å². The molecule has 4 nitrogen and oxygen atoms in total. The van der Waals surface area contributed by atoms with Crippen molar-refractivity contribution < 1.29 is 8.63 Å². The van der Waals surface area contributed by atoms with Gasteiger partial charge in [-0.25, -0.2) is 9.19 Å². The predicted octanol–water partition coefficient (Wildman–Crippen LogP) is 1.69. The molecule has 0 saturated carbocycles. The van der Waals surface area contributed by atoms with Gasteiger partial charge in [0.2, 0.25) is 0 Å². The van der Waals surface area contributed by atoms with Crippen molar-refractivity contribution in [1.29, 1.82) is 0 Å². The van der Waals surface area contributed by atoms with Crippen molar-refractivity contribution in [1.82, 2.24) is 10.3 Å². The lowest BCUT2D eigenvalue weighted by molar-refractivity contribution is 0.463. The van der Waals surface area contributed by atoms with E-state index in [1.54, 1.807) is 0 Å². The first kappa shape index (κ1) is 10.9. The Hall–Kier alpha value is -1.20. The standard InChI is InChI=1S/C12H14N2O2S/c15-17(9-4-3-7-13-8-9)12-14-10-5-1-2-6-11(10)16-12/h1-2,5-6,9,13H,3-4,7-8H2. The summed E-state index contributed by atoms with van der Waals surface area (Å²) >= 11 is 0. The number of aromatic nitrogens is 1. The second kappa shape index (κ2) is 4.58. The van der Waals surface area contributed by atoms with Crippen LogP contribution < -0.4 is 5.32 Å². The Bertz CT molecular complexity index is 513. The van der Waals surface area contributed by atoms with Gasteiger partial charge in [-0.3, -0.25) is 0 Å². The monoisotopic (exact) mass is 250 g/mol. The molecule has 1 aromatic carbocycles. The zero-order valence-corrected chi connectivity index (χ0v) is 10.2. The molecule has 0 amide bonds. The number of nitrogens with zero attached hydrogens (tertiary/aromatic N) is 1. The first-order valence-electron chi connectivity index (χ1n) is 5.81. The van der Waals surface area contributed by atoms with E-state index in [9.17, 15) is 4.21 Å². The normalized spacial score (nSPS) is 22.7. The summed E-state index contributed by atoms with van der Waals surface area (Å²) < 4.78 is 17.8. The van der Waals surface area contributed by atoms with Gasteiger partial charge in [-0.1, -0.05) is 12.1 Å². The fourth-order valence-electron chi connectivity index (χ4n) is 2.08. The number of fused-ring (bicyclic) bond motifs is 1. The molecular weight excluding hydrogens is 236 g/mol. The lowest BCUT2D eigenvalue weighted by atomic mass is 10.2. The molecule has 2 atom stereocenters. The number of hydrogen-bond donors (Lipinski definition) is 1. The topological polar surface area (TPSA) is 55.1 Å². The summed E-state index contributed by atoms with van der Waals surface area (Å²) in [4.78, 5) is 4.29. The van der Waals surface area contributed by atoms with Gasteiger partial charge in [-0.2, -0.15) is 0 Å². The highest BCUT2D eigenvalue weighted by atomic mass is 32.2. The molecule has 0 bridgehead atoms. The molecule has 0 spiro atoms. The Labute approximate surface area is 102 Å². The maximum Gasteiger partial charge on any atom is 0.288 e. The number of nitrogens with one attached hydrogen (secondary N) is 1. The number of piperidine rings is 1. The van der Waals surface area contributed by atoms with Crippen molar-refractivity contribution in [2.24, 2.45) is 0 Å². The molecule has 5 heteroatoms.